The Balaban J connectivity index is 0.00000225. The summed E-state index contributed by atoms with van der Waals surface area (Å²) in [7, 11) is 0. The summed E-state index contributed by atoms with van der Waals surface area (Å²) in [6.07, 6.45) is 3.68. The first-order valence-electron chi connectivity index (χ1n) is 8.38. The van der Waals surface area contributed by atoms with Gasteiger partial charge >= 0.3 is 0 Å². The molecule has 136 valence electrons. The van der Waals surface area contributed by atoms with E-state index in [2.05, 4.69) is 27.5 Å². The van der Waals surface area contributed by atoms with Gasteiger partial charge in [-0.1, -0.05) is 18.2 Å². The van der Waals surface area contributed by atoms with Crippen LogP contribution in [0.15, 0.2) is 35.5 Å². The van der Waals surface area contributed by atoms with Crippen LogP contribution in [0.2, 0.25) is 0 Å². The Kier molecular flexibility index (Phi) is 7.61. The van der Waals surface area contributed by atoms with Crippen LogP contribution in [-0.4, -0.2) is 30.1 Å². The molecule has 3 rings (SSSR count). The second-order valence-electron chi connectivity index (χ2n) is 5.99. The Hall–Kier alpha value is -1.22. The highest BCUT2D eigenvalue weighted by atomic mass is 127. The summed E-state index contributed by atoms with van der Waals surface area (Å²) in [5.74, 6) is 0.916. The number of nitrogens with one attached hydrogen (secondary N) is 2. The van der Waals surface area contributed by atoms with Crippen LogP contribution in [0.3, 0.4) is 0 Å². The van der Waals surface area contributed by atoms with Crippen LogP contribution in [0, 0.1) is 12.7 Å². The lowest BCUT2D eigenvalue weighted by atomic mass is 10.1. The van der Waals surface area contributed by atoms with Crippen molar-refractivity contribution in [2.24, 2.45) is 4.99 Å². The summed E-state index contributed by atoms with van der Waals surface area (Å²) in [6.45, 7) is 5.60. The molecule has 1 aliphatic rings. The maximum Gasteiger partial charge on any atom is 0.191 e. The van der Waals surface area contributed by atoms with Crippen LogP contribution in [0.1, 0.15) is 34.7 Å². The topological polar surface area (TPSA) is 49.3 Å². The summed E-state index contributed by atoms with van der Waals surface area (Å²) in [5.41, 5.74) is 0.795. The van der Waals surface area contributed by atoms with Crippen molar-refractivity contribution in [1.82, 2.24) is 15.6 Å². The number of nitrogens with zero attached hydrogens (tertiary/aromatic N) is 2. The summed E-state index contributed by atoms with van der Waals surface area (Å²) in [5, 5.41) is 7.79. The second kappa shape index (κ2) is 9.47. The number of aromatic nitrogens is 1. The third-order valence-electron chi connectivity index (χ3n) is 4.03. The standard InChI is InChI=1S/C18H23FN4S.HI/c1-3-20-18(21-9-8-17-22-11-12(2)24-17)23-16-10-14(16)13-6-4-5-7-15(13)19;/h4-7,11,14,16H,3,8-10H2,1-2H3,(H2,20,21,23);1H. The first-order valence-corrected chi connectivity index (χ1v) is 9.19. The van der Waals surface area contributed by atoms with Gasteiger partial charge in [-0.05, 0) is 31.9 Å². The van der Waals surface area contributed by atoms with Gasteiger partial charge in [0.2, 0.25) is 0 Å². The van der Waals surface area contributed by atoms with E-state index in [1.54, 1.807) is 17.4 Å². The summed E-state index contributed by atoms with van der Waals surface area (Å²) in [6, 6.07) is 7.27. The van der Waals surface area contributed by atoms with Crippen LogP contribution in [0.5, 0.6) is 0 Å². The molecular weight excluding hydrogens is 450 g/mol. The molecule has 7 heteroatoms. The van der Waals surface area contributed by atoms with E-state index < -0.39 is 0 Å². The van der Waals surface area contributed by atoms with Crippen LogP contribution in [0.25, 0.3) is 0 Å². The average molecular weight is 474 g/mol. The maximum atomic E-state index is 13.9. The lowest BCUT2D eigenvalue weighted by molar-refractivity contribution is 0.607. The Bertz CT molecular complexity index is 719. The van der Waals surface area contributed by atoms with Gasteiger partial charge in [0.1, 0.15) is 5.82 Å². The molecule has 4 nitrogen and oxygen atoms in total. The highest BCUT2D eigenvalue weighted by Gasteiger charge is 2.40. The molecular formula is C18H24FIN4S. The summed E-state index contributed by atoms with van der Waals surface area (Å²) >= 11 is 1.72. The normalized spacial score (nSPS) is 19.2. The van der Waals surface area contributed by atoms with Crippen molar-refractivity contribution in [2.45, 2.75) is 38.6 Å². The molecule has 1 aromatic carbocycles. The molecule has 0 spiro atoms. The minimum absolute atomic E-state index is 0. The van der Waals surface area contributed by atoms with Gasteiger partial charge < -0.3 is 10.6 Å². The van der Waals surface area contributed by atoms with E-state index >= 15 is 0 Å². The highest BCUT2D eigenvalue weighted by Crippen LogP contribution is 2.41. The van der Waals surface area contributed by atoms with Crippen molar-refractivity contribution in [3.8, 4) is 0 Å². The summed E-state index contributed by atoms with van der Waals surface area (Å²) in [4.78, 5) is 10.2. The van der Waals surface area contributed by atoms with E-state index in [1.807, 2.05) is 25.3 Å². The molecule has 2 N–H and O–H groups in total. The molecule has 2 atom stereocenters. The fraction of sp³-hybridized carbons (Fsp3) is 0.444. The second-order valence-corrected chi connectivity index (χ2v) is 7.31. The van der Waals surface area contributed by atoms with Crippen molar-refractivity contribution in [3.05, 3.63) is 51.7 Å². The van der Waals surface area contributed by atoms with Crippen LogP contribution in [0.4, 0.5) is 4.39 Å². The monoisotopic (exact) mass is 474 g/mol. The fourth-order valence-corrected chi connectivity index (χ4v) is 3.53. The first-order chi connectivity index (χ1) is 11.7. The zero-order valence-electron chi connectivity index (χ0n) is 14.5. The number of thiazole rings is 1. The molecule has 1 saturated carbocycles. The van der Waals surface area contributed by atoms with Gasteiger partial charge in [-0.3, -0.25) is 4.99 Å². The molecule has 1 heterocycles. The molecule has 2 aromatic rings. The number of benzene rings is 1. The quantitative estimate of drug-likeness (QED) is 0.380. The third kappa shape index (κ3) is 5.64. The zero-order valence-corrected chi connectivity index (χ0v) is 17.6. The number of aliphatic imine (C=N–C) groups is 1. The van der Waals surface area contributed by atoms with E-state index in [-0.39, 0.29) is 41.8 Å². The Labute approximate surface area is 169 Å². The smallest absolute Gasteiger partial charge is 0.191 e. The van der Waals surface area contributed by atoms with E-state index in [4.69, 9.17) is 0 Å². The Morgan fingerprint density at radius 2 is 2.20 bits per heavy atom. The van der Waals surface area contributed by atoms with Gasteiger partial charge in [0.25, 0.3) is 0 Å². The largest absolute Gasteiger partial charge is 0.357 e. The van der Waals surface area contributed by atoms with Crippen LogP contribution >= 0.6 is 35.3 Å². The molecule has 0 saturated heterocycles. The predicted molar refractivity (Wildman–Crippen MR) is 113 cm³/mol. The molecule has 2 unspecified atom stereocenters. The molecule has 0 bridgehead atoms. The SMILES string of the molecule is CCNC(=NCCc1ncc(C)s1)NC1CC1c1ccccc1F.I. The predicted octanol–water partition coefficient (Wildman–Crippen LogP) is 3.86. The average Bonchev–Trinajstić information content (AvgIpc) is 3.19. The van der Waals surface area contributed by atoms with Crippen molar-refractivity contribution < 1.29 is 4.39 Å². The number of halogens is 2. The van der Waals surface area contributed by atoms with E-state index in [0.717, 1.165) is 35.9 Å². The molecule has 1 fully saturated rings. The Morgan fingerprint density at radius 1 is 1.40 bits per heavy atom. The fourth-order valence-electron chi connectivity index (χ4n) is 2.75. The minimum Gasteiger partial charge on any atom is -0.357 e. The van der Waals surface area contributed by atoms with Crippen molar-refractivity contribution in [1.29, 1.82) is 0 Å². The molecule has 1 aromatic heterocycles. The van der Waals surface area contributed by atoms with Crippen LogP contribution < -0.4 is 10.6 Å². The molecule has 1 aliphatic carbocycles. The number of aryl methyl sites for hydroxylation is 1. The van der Waals surface area contributed by atoms with Crippen LogP contribution in [-0.2, 0) is 6.42 Å². The first kappa shape index (κ1) is 20.1. The lowest BCUT2D eigenvalue weighted by Gasteiger charge is -2.11. The molecule has 0 radical (unpaired) electrons. The van der Waals surface area contributed by atoms with Gasteiger partial charge in [0.15, 0.2) is 5.96 Å². The van der Waals surface area contributed by atoms with Crippen molar-refractivity contribution >= 4 is 41.3 Å². The van der Waals surface area contributed by atoms with Gasteiger partial charge in [-0.2, -0.15) is 0 Å². The Morgan fingerprint density at radius 3 is 2.88 bits per heavy atom. The van der Waals surface area contributed by atoms with E-state index in [0.29, 0.717) is 6.54 Å². The molecule has 25 heavy (non-hydrogen) atoms. The summed E-state index contributed by atoms with van der Waals surface area (Å²) < 4.78 is 13.9. The highest BCUT2D eigenvalue weighted by molar-refractivity contribution is 14.0. The van der Waals surface area contributed by atoms with E-state index in [1.165, 1.54) is 10.9 Å². The minimum atomic E-state index is -0.118. The molecule has 0 amide bonds. The number of rotatable bonds is 6. The third-order valence-corrected chi connectivity index (χ3v) is 5.00. The van der Waals surface area contributed by atoms with E-state index in [9.17, 15) is 4.39 Å². The number of guanidine groups is 1. The molecule has 0 aliphatic heterocycles. The van der Waals surface area contributed by atoms with Gasteiger partial charge in [0.05, 0.1) is 5.01 Å². The van der Waals surface area contributed by atoms with Crippen molar-refractivity contribution in [2.75, 3.05) is 13.1 Å². The van der Waals surface area contributed by atoms with Gasteiger partial charge in [-0.25, -0.2) is 9.37 Å². The number of hydrogen-bond donors (Lipinski definition) is 2. The lowest BCUT2D eigenvalue weighted by Crippen LogP contribution is -2.39. The van der Waals surface area contributed by atoms with Gasteiger partial charge in [0, 0.05) is 42.5 Å². The van der Waals surface area contributed by atoms with Crippen molar-refractivity contribution in [3.63, 3.8) is 0 Å². The maximum absolute atomic E-state index is 13.9. The zero-order chi connectivity index (χ0) is 16.9. The number of hydrogen-bond acceptors (Lipinski definition) is 3. The van der Waals surface area contributed by atoms with Gasteiger partial charge in [-0.15, -0.1) is 35.3 Å².